The molecule has 0 bridgehead atoms. The van der Waals surface area contributed by atoms with E-state index in [1.807, 2.05) is 18.2 Å². The maximum absolute atomic E-state index is 5.73. The summed E-state index contributed by atoms with van der Waals surface area (Å²) >= 11 is 7.19. The summed E-state index contributed by atoms with van der Waals surface area (Å²) in [5.74, 6) is 0. The average Bonchev–Trinajstić information content (AvgIpc) is 2.04. The van der Waals surface area contributed by atoms with E-state index in [1.165, 1.54) is 15.8 Å². The highest BCUT2D eigenvalue weighted by Crippen LogP contribution is 2.31. The Balaban J connectivity index is 2.46. The lowest BCUT2D eigenvalue weighted by molar-refractivity contribution is 0.993. The second-order valence-electron chi connectivity index (χ2n) is 2.07. The Morgan fingerprint density at radius 2 is 2.45 bits per heavy atom. The number of hydrogen-bond donors (Lipinski definition) is 0. The Morgan fingerprint density at radius 1 is 1.55 bits per heavy atom. The van der Waals surface area contributed by atoms with Gasteiger partial charge in [0, 0.05) is 36.1 Å². The van der Waals surface area contributed by atoms with Crippen LogP contribution >= 0.6 is 23.7 Å². The molecule has 0 aliphatic carbocycles. The van der Waals surface area contributed by atoms with Crippen molar-refractivity contribution in [2.24, 2.45) is 0 Å². The molecular weight excluding hydrogens is 180 g/mol. The molecule has 4 heteroatoms. The minimum Gasteiger partial charge on any atom is -0.256 e. The largest absolute Gasteiger partial charge is 0.256 e. The number of halogens is 1. The Kier molecular flexibility index (Phi) is 1.75. The van der Waals surface area contributed by atoms with Gasteiger partial charge in [0.25, 0.3) is 0 Å². The van der Waals surface area contributed by atoms with E-state index in [2.05, 4.69) is 4.98 Å². The van der Waals surface area contributed by atoms with Crippen LogP contribution in [-0.2, 0) is 0 Å². The third-order valence-electron chi connectivity index (χ3n) is 1.33. The lowest BCUT2D eigenvalue weighted by Gasteiger charge is -2.14. The first-order valence-electron chi connectivity index (χ1n) is 3.12. The first-order valence-corrected chi connectivity index (χ1v) is 4.23. The van der Waals surface area contributed by atoms with Gasteiger partial charge in [-0.2, -0.15) is 0 Å². The van der Waals surface area contributed by atoms with E-state index in [0.29, 0.717) is 0 Å². The second-order valence-corrected chi connectivity index (χ2v) is 3.65. The van der Waals surface area contributed by atoms with Gasteiger partial charge in [0.05, 0.1) is 10.6 Å². The fourth-order valence-corrected chi connectivity index (χ4v) is 1.80. The summed E-state index contributed by atoms with van der Waals surface area (Å²) in [6.07, 6.45) is 5.44. The first-order chi connectivity index (χ1) is 5.36. The molecule has 1 aliphatic rings. The van der Waals surface area contributed by atoms with E-state index >= 15 is 0 Å². The molecule has 1 aromatic heterocycles. The summed E-state index contributed by atoms with van der Waals surface area (Å²) in [5, 5.41) is 0. The van der Waals surface area contributed by atoms with Crippen molar-refractivity contribution in [3.05, 3.63) is 30.2 Å². The molecular formula is C7H5ClN2S. The van der Waals surface area contributed by atoms with E-state index in [9.17, 15) is 0 Å². The number of fused-ring (bicyclic) bond motifs is 1. The summed E-state index contributed by atoms with van der Waals surface area (Å²) in [6.45, 7) is 0. The molecule has 0 fully saturated rings. The fourth-order valence-electron chi connectivity index (χ4n) is 0.859. The van der Waals surface area contributed by atoms with Crippen LogP contribution in [0.1, 0.15) is 5.69 Å². The van der Waals surface area contributed by atoms with Crippen molar-refractivity contribution in [3.63, 3.8) is 0 Å². The van der Waals surface area contributed by atoms with Crippen LogP contribution < -0.4 is 0 Å². The number of nitrogens with zero attached hydrogens (tertiary/aromatic N) is 2. The van der Waals surface area contributed by atoms with Crippen LogP contribution in [0.25, 0.3) is 6.08 Å². The first kappa shape index (κ1) is 7.00. The molecule has 0 N–H and O–H groups in total. The van der Waals surface area contributed by atoms with E-state index < -0.39 is 0 Å². The van der Waals surface area contributed by atoms with Crippen molar-refractivity contribution in [2.75, 3.05) is 0 Å². The van der Waals surface area contributed by atoms with Gasteiger partial charge < -0.3 is 0 Å². The summed E-state index contributed by atoms with van der Waals surface area (Å²) < 4.78 is 1.53. The van der Waals surface area contributed by atoms with E-state index in [1.54, 1.807) is 12.4 Å². The molecule has 56 valence electrons. The van der Waals surface area contributed by atoms with Gasteiger partial charge in [-0.25, -0.2) is 3.82 Å². The minimum absolute atomic E-state index is 0.981. The Morgan fingerprint density at radius 3 is 3.36 bits per heavy atom. The molecule has 0 saturated heterocycles. The summed E-state index contributed by atoms with van der Waals surface area (Å²) in [5.41, 5.74) is 0.981. The van der Waals surface area contributed by atoms with Crippen LogP contribution in [0, 0.1) is 0 Å². The highest BCUT2D eigenvalue weighted by Gasteiger charge is 2.08. The molecule has 2 nitrogen and oxygen atoms in total. The van der Waals surface area contributed by atoms with Crippen LogP contribution in [0.4, 0.5) is 0 Å². The number of pyridine rings is 1. The maximum Gasteiger partial charge on any atom is 0.0799 e. The third-order valence-corrected chi connectivity index (χ3v) is 2.49. The van der Waals surface area contributed by atoms with E-state index in [-0.39, 0.29) is 0 Å². The summed E-state index contributed by atoms with van der Waals surface area (Å²) in [7, 11) is 0. The van der Waals surface area contributed by atoms with Gasteiger partial charge in [0.15, 0.2) is 0 Å². The van der Waals surface area contributed by atoms with Gasteiger partial charge in [-0.05, 0) is 18.2 Å². The van der Waals surface area contributed by atoms with Crippen molar-refractivity contribution in [2.45, 2.75) is 4.90 Å². The summed E-state index contributed by atoms with van der Waals surface area (Å²) in [4.78, 5) is 5.25. The van der Waals surface area contributed by atoms with Gasteiger partial charge in [0.2, 0.25) is 0 Å². The lowest BCUT2D eigenvalue weighted by atomic mass is 10.3. The zero-order chi connectivity index (χ0) is 7.68. The van der Waals surface area contributed by atoms with Gasteiger partial charge in [-0.3, -0.25) is 4.98 Å². The standard InChI is InChI=1S/C7H5ClN2S/c8-10-5-3-6-7(11-10)2-1-4-9-6/h1-5H. The third kappa shape index (κ3) is 1.34. The predicted octanol–water partition coefficient (Wildman–Crippen LogP) is 2.53. The van der Waals surface area contributed by atoms with Crippen molar-refractivity contribution >= 4 is 29.8 Å². The number of rotatable bonds is 0. The van der Waals surface area contributed by atoms with Gasteiger partial charge in [-0.1, -0.05) is 0 Å². The highest BCUT2D eigenvalue weighted by atomic mass is 35.5. The van der Waals surface area contributed by atoms with Crippen molar-refractivity contribution in [1.29, 1.82) is 0 Å². The van der Waals surface area contributed by atoms with Crippen LogP contribution in [0.3, 0.4) is 0 Å². The van der Waals surface area contributed by atoms with Crippen LogP contribution in [0.5, 0.6) is 0 Å². The molecule has 0 aromatic carbocycles. The molecule has 1 aromatic rings. The SMILES string of the molecule is ClN1C=Cc2ncccc2S1. The van der Waals surface area contributed by atoms with E-state index in [4.69, 9.17) is 11.8 Å². The van der Waals surface area contributed by atoms with Crippen molar-refractivity contribution < 1.29 is 0 Å². The van der Waals surface area contributed by atoms with Gasteiger partial charge in [-0.15, -0.1) is 0 Å². The van der Waals surface area contributed by atoms with Crippen LogP contribution in [-0.4, -0.2) is 8.81 Å². The summed E-state index contributed by atoms with van der Waals surface area (Å²) in [6, 6.07) is 3.89. The van der Waals surface area contributed by atoms with Gasteiger partial charge >= 0.3 is 0 Å². The molecule has 2 rings (SSSR count). The van der Waals surface area contributed by atoms with Gasteiger partial charge in [0.1, 0.15) is 0 Å². The molecule has 0 saturated carbocycles. The number of hydrogen-bond acceptors (Lipinski definition) is 3. The number of aromatic nitrogens is 1. The van der Waals surface area contributed by atoms with Crippen molar-refractivity contribution in [3.8, 4) is 0 Å². The molecule has 0 amide bonds. The topological polar surface area (TPSA) is 16.1 Å². The highest BCUT2D eigenvalue weighted by molar-refractivity contribution is 7.98. The quantitative estimate of drug-likeness (QED) is 0.456. The molecule has 2 heterocycles. The molecule has 0 spiro atoms. The predicted molar refractivity (Wildman–Crippen MR) is 46.8 cm³/mol. The normalized spacial score (nSPS) is 14.8. The van der Waals surface area contributed by atoms with Crippen molar-refractivity contribution in [1.82, 2.24) is 8.81 Å². The Labute approximate surface area is 74.1 Å². The Hall–Kier alpha value is -0.670. The molecule has 1 aliphatic heterocycles. The maximum atomic E-state index is 5.73. The fraction of sp³-hybridized carbons (Fsp3) is 0. The lowest BCUT2D eigenvalue weighted by Crippen LogP contribution is -1.98. The monoisotopic (exact) mass is 184 g/mol. The Bertz CT molecular complexity index is 300. The van der Waals surface area contributed by atoms with Crippen LogP contribution in [0.15, 0.2) is 29.4 Å². The smallest absolute Gasteiger partial charge is 0.0799 e. The molecule has 0 unspecified atom stereocenters. The molecule has 0 atom stereocenters. The zero-order valence-corrected chi connectivity index (χ0v) is 7.14. The molecule has 11 heavy (non-hydrogen) atoms. The van der Waals surface area contributed by atoms with Crippen LogP contribution in [0.2, 0.25) is 0 Å². The minimum atomic E-state index is 0.981. The average molecular weight is 185 g/mol. The molecule has 0 radical (unpaired) electrons. The van der Waals surface area contributed by atoms with E-state index in [0.717, 1.165) is 10.6 Å². The second kappa shape index (κ2) is 2.75. The zero-order valence-electron chi connectivity index (χ0n) is 5.57.